The van der Waals surface area contributed by atoms with Gasteiger partial charge in [-0.15, -0.1) is 0 Å². The molecular formula is C25H32N4O4. The summed E-state index contributed by atoms with van der Waals surface area (Å²) in [4.78, 5) is 13.0. The Kier molecular flexibility index (Phi) is 6.30. The highest BCUT2D eigenvalue weighted by Crippen LogP contribution is 2.34. The molecular weight excluding hydrogens is 420 g/mol. The fraction of sp³-hybridized carbons (Fsp3) is 0.480. The number of anilines is 1. The van der Waals surface area contributed by atoms with Crippen LogP contribution in [-0.2, 0) is 6.54 Å². The van der Waals surface area contributed by atoms with Gasteiger partial charge in [0.1, 0.15) is 5.75 Å². The molecule has 33 heavy (non-hydrogen) atoms. The summed E-state index contributed by atoms with van der Waals surface area (Å²) in [6, 6.07) is 8.62. The molecule has 0 aliphatic heterocycles. The van der Waals surface area contributed by atoms with Crippen LogP contribution in [-0.4, -0.2) is 33.0 Å². The summed E-state index contributed by atoms with van der Waals surface area (Å²) < 4.78 is 8.51. The molecule has 2 heterocycles. The summed E-state index contributed by atoms with van der Waals surface area (Å²) >= 11 is 0. The Labute approximate surface area is 193 Å². The van der Waals surface area contributed by atoms with E-state index in [1.807, 2.05) is 32.2 Å². The Hall–Kier alpha value is -3.13. The zero-order valence-electron chi connectivity index (χ0n) is 19.7. The van der Waals surface area contributed by atoms with Crippen molar-refractivity contribution in [2.45, 2.75) is 65.0 Å². The predicted octanol–water partition coefficient (Wildman–Crippen LogP) is 4.00. The third-order valence-corrected chi connectivity index (χ3v) is 5.82. The molecule has 0 radical (unpaired) electrons. The molecule has 3 aromatic rings. The maximum Gasteiger partial charge on any atom is 0.321 e. The summed E-state index contributed by atoms with van der Waals surface area (Å²) in [5, 5.41) is 31.0. The van der Waals surface area contributed by atoms with E-state index in [1.54, 1.807) is 30.7 Å². The van der Waals surface area contributed by atoms with Crippen molar-refractivity contribution in [1.29, 1.82) is 0 Å². The van der Waals surface area contributed by atoms with Crippen LogP contribution in [0.4, 0.5) is 5.69 Å². The molecule has 0 atom stereocenters. The molecule has 0 spiro atoms. The maximum atomic E-state index is 13.0. The van der Waals surface area contributed by atoms with Crippen LogP contribution in [0.2, 0.25) is 0 Å². The molecule has 8 heteroatoms. The van der Waals surface area contributed by atoms with Crippen molar-refractivity contribution in [3.05, 3.63) is 53.1 Å². The van der Waals surface area contributed by atoms with Gasteiger partial charge in [-0.05, 0) is 51.2 Å². The fourth-order valence-electron chi connectivity index (χ4n) is 3.61. The number of carbonyl (C=O) groups excluding carboxylic acids is 1. The van der Waals surface area contributed by atoms with E-state index in [1.165, 1.54) is 6.07 Å². The van der Waals surface area contributed by atoms with Gasteiger partial charge in [-0.1, -0.05) is 13.8 Å². The van der Waals surface area contributed by atoms with Gasteiger partial charge in [-0.2, -0.15) is 9.83 Å². The highest BCUT2D eigenvalue weighted by atomic mass is 16.5. The summed E-state index contributed by atoms with van der Waals surface area (Å²) in [5.41, 5.74) is 1.04. The van der Waals surface area contributed by atoms with Gasteiger partial charge < -0.3 is 20.4 Å². The van der Waals surface area contributed by atoms with Crippen LogP contribution in [0.1, 0.15) is 69.1 Å². The molecule has 1 aliphatic rings. The standard InChI is InChI=1S/C25H32N4O4/c1-16(2)21-6-5-7-22(29(21)32)24(30)26-20-12-18-14-28(11-10-25(3,4)31)27-19(18)13-23(20)33-15-17-8-9-17/h5-7,12-14,16-17,31H,8-11,15H2,1-4H3,(H,26,30). The second kappa shape index (κ2) is 9.02. The highest BCUT2D eigenvalue weighted by molar-refractivity contribution is 6.04. The van der Waals surface area contributed by atoms with E-state index in [4.69, 9.17) is 4.74 Å². The van der Waals surface area contributed by atoms with Crippen LogP contribution in [0.5, 0.6) is 5.75 Å². The van der Waals surface area contributed by atoms with Crippen LogP contribution < -0.4 is 14.8 Å². The second-order valence-corrected chi connectivity index (χ2v) is 9.86. The highest BCUT2D eigenvalue weighted by Gasteiger charge is 2.25. The van der Waals surface area contributed by atoms with E-state index in [2.05, 4.69) is 10.4 Å². The molecule has 2 aromatic heterocycles. The number of benzene rings is 1. The number of aryl methyl sites for hydroxylation is 1. The third kappa shape index (κ3) is 5.63. The summed E-state index contributed by atoms with van der Waals surface area (Å²) in [7, 11) is 0. The lowest BCUT2D eigenvalue weighted by molar-refractivity contribution is -0.617. The number of aliphatic hydroxyl groups is 1. The molecule has 1 aliphatic carbocycles. The number of nitrogens with one attached hydrogen (secondary N) is 1. The third-order valence-electron chi connectivity index (χ3n) is 5.82. The van der Waals surface area contributed by atoms with Crippen molar-refractivity contribution in [1.82, 2.24) is 9.78 Å². The average molecular weight is 453 g/mol. The molecule has 1 saturated carbocycles. The molecule has 4 rings (SSSR count). The summed E-state index contributed by atoms with van der Waals surface area (Å²) in [6.07, 6.45) is 4.74. The van der Waals surface area contributed by atoms with Crippen LogP contribution in [0, 0.1) is 11.1 Å². The molecule has 1 fully saturated rings. The number of nitrogens with zero attached hydrogens (tertiary/aromatic N) is 3. The predicted molar refractivity (Wildman–Crippen MR) is 126 cm³/mol. The molecule has 2 N–H and O–H groups in total. The summed E-state index contributed by atoms with van der Waals surface area (Å²) in [5.74, 6) is 0.587. The van der Waals surface area contributed by atoms with Gasteiger partial charge in [0, 0.05) is 42.2 Å². The number of pyridine rings is 1. The monoisotopic (exact) mass is 452 g/mol. The first kappa shape index (κ1) is 23.0. The first-order chi connectivity index (χ1) is 15.6. The van der Waals surface area contributed by atoms with Crippen LogP contribution in [0.25, 0.3) is 10.9 Å². The maximum absolute atomic E-state index is 13.0. The molecule has 0 unspecified atom stereocenters. The first-order valence-electron chi connectivity index (χ1n) is 11.5. The van der Waals surface area contributed by atoms with Crippen molar-refractivity contribution in [2.75, 3.05) is 11.9 Å². The number of hydrogen-bond donors (Lipinski definition) is 2. The van der Waals surface area contributed by atoms with Gasteiger partial charge in [0.15, 0.2) is 5.69 Å². The molecule has 1 amide bonds. The number of hydrogen-bond acceptors (Lipinski definition) is 5. The van der Waals surface area contributed by atoms with Crippen LogP contribution in [0.3, 0.4) is 0 Å². The zero-order valence-corrected chi connectivity index (χ0v) is 19.7. The summed E-state index contributed by atoms with van der Waals surface area (Å²) in [6.45, 7) is 8.51. The van der Waals surface area contributed by atoms with E-state index in [9.17, 15) is 15.1 Å². The van der Waals surface area contributed by atoms with Gasteiger partial charge in [-0.3, -0.25) is 9.48 Å². The normalized spacial score (nSPS) is 14.1. The van der Waals surface area contributed by atoms with Gasteiger partial charge in [-0.25, -0.2) is 0 Å². The van der Waals surface area contributed by atoms with Crippen LogP contribution >= 0.6 is 0 Å². The lowest BCUT2D eigenvalue weighted by Gasteiger charge is -2.16. The Morgan fingerprint density at radius 3 is 2.79 bits per heavy atom. The average Bonchev–Trinajstić information content (AvgIpc) is 3.48. The van der Waals surface area contributed by atoms with Gasteiger partial charge in [0.2, 0.25) is 0 Å². The topological polar surface area (TPSA) is 103 Å². The largest absolute Gasteiger partial charge is 0.618 e. The minimum absolute atomic E-state index is 0.00114. The first-order valence-corrected chi connectivity index (χ1v) is 11.5. The quantitative estimate of drug-likeness (QED) is 0.377. The van der Waals surface area contributed by atoms with Crippen LogP contribution in [0.15, 0.2) is 36.5 Å². The Balaban J connectivity index is 1.63. The van der Waals surface area contributed by atoms with Crippen molar-refractivity contribution < 1.29 is 19.4 Å². The molecule has 0 saturated heterocycles. The smallest absolute Gasteiger partial charge is 0.321 e. The van der Waals surface area contributed by atoms with Gasteiger partial charge >= 0.3 is 5.91 Å². The second-order valence-electron chi connectivity index (χ2n) is 9.86. The minimum atomic E-state index is -0.784. The number of ether oxygens (including phenoxy) is 1. The SMILES string of the molecule is CC(C)c1cccc(C(=O)Nc2cc3cn(CCC(C)(C)O)nc3cc2OCC2CC2)[n+]1[O-]. The fourth-order valence-corrected chi connectivity index (χ4v) is 3.61. The minimum Gasteiger partial charge on any atom is -0.618 e. The van der Waals surface area contributed by atoms with Gasteiger partial charge in [0.25, 0.3) is 5.69 Å². The van der Waals surface area contributed by atoms with E-state index in [0.29, 0.717) is 47.4 Å². The van der Waals surface area contributed by atoms with E-state index in [0.717, 1.165) is 23.7 Å². The van der Waals surface area contributed by atoms with Crippen molar-refractivity contribution >= 4 is 22.5 Å². The van der Waals surface area contributed by atoms with E-state index in [-0.39, 0.29) is 11.6 Å². The van der Waals surface area contributed by atoms with Crippen molar-refractivity contribution in [2.24, 2.45) is 5.92 Å². The zero-order chi connectivity index (χ0) is 23.8. The molecule has 176 valence electrons. The number of rotatable bonds is 9. The van der Waals surface area contributed by atoms with Crippen molar-refractivity contribution in [3.63, 3.8) is 0 Å². The Bertz CT molecular complexity index is 1160. The Morgan fingerprint density at radius 1 is 1.36 bits per heavy atom. The number of amides is 1. The van der Waals surface area contributed by atoms with E-state index < -0.39 is 11.5 Å². The number of carbonyl (C=O) groups is 1. The van der Waals surface area contributed by atoms with Crippen molar-refractivity contribution in [3.8, 4) is 5.75 Å². The van der Waals surface area contributed by atoms with E-state index >= 15 is 0 Å². The lowest BCUT2D eigenvalue weighted by Crippen LogP contribution is -2.41. The number of aromatic nitrogens is 3. The number of fused-ring (bicyclic) bond motifs is 1. The molecule has 0 bridgehead atoms. The molecule has 1 aromatic carbocycles. The van der Waals surface area contributed by atoms with Gasteiger partial charge in [0.05, 0.1) is 23.4 Å². The Morgan fingerprint density at radius 2 is 2.12 bits per heavy atom. The lowest BCUT2D eigenvalue weighted by atomic mass is 10.1. The molecule has 8 nitrogen and oxygen atoms in total.